The van der Waals surface area contributed by atoms with Gasteiger partial charge in [0.25, 0.3) is 0 Å². The standard InChI is InChI=1S/C13H19BrN2O/c1-10-7-15(2)8-13(9-17)16(10)12-5-3-4-11(14)6-12/h3-6,10,13,17H,7-9H2,1-2H3. The topological polar surface area (TPSA) is 26.7 Å². The molecule has 0 aromatic heterocycles. The van der Waals surface area contributed by atoms with Gasteiger partial charge in [0.1, 0.15) is 0 Å². The van der Waals surface area contributed by atoms with Crippen molar-refractivity contribution < 1.29 is 5.11 Å². The number of rotatable bonds is 2. The molecule has 1 N–H and O–H groups in total. The van der Waals surface area contributed by atoms with Crippen LogP contribution in [0.1, 0.15) is 6.92 Å². The molecule has 0 bridgehead atoms. The fourth-order valence-electron chi connectivity index (χ4n) is 2.67. The van der Waals surface area contributed by atoms with Gasteiger partial charge in [0.15, 0.2) is 0 Å². The van der Waals surface area contributed by atoms with Crippen LogP contribution in [0.4, 0.5) is 5.69 Å². The van der Waals surface area contributed by atoms with Crippen molar-refractivity contribution in [2.75, 3.05) is 31.6 Å². The van der Waals surface area contributed by atoms with Gasteiger partial charge in [-0.2, -0.15) is 0 Å². The van der Waals surface area contributed by atoms with Crippen molar-refractivity contribution in [3.05, 3.63) is 28.7 Å². The van der Waals surface area contributed by atoms with Gasteiger partial charge in [0.05, 0.1) is 12.6 Å². The number of piperazine rings is 1. The maximum atomic E-state index is 9.55. The summed E-state index contributed by atoms with van der Waals surface area (Å²) in [5.41, 5.74) is 1.18. The lowest BCUT2D eigenvalue weighted by atomic mass is 10.1. The first-order valence-electron chi connectivity index (χ1n) is 5.95. The fourth-order valence-corrected chi connectivity index (χ4v) is 3.06. The Bertz CT molecular complexity index is 385. The van der Waals surface area contributed by atoms with Crippen molar-refractivity contribution >= 4 is 21.6 Å². The fraction of sp³-hybridized carbons (Fsp3) is 0.538. The molecule has 94 valence electrons. The minimum atomic E-state index is 0.179. The maximum Gasteiger partial charge on any atom is 0.0651 e. The molecule has 0 saturated carbocycles. The SMILES string of the molecule is CC1CN(C)CC(CO)N1c1cccc(Br)c1. The average Bonchev–Trinajstić information content (AvgIpc) is 2.27. The van der Waals surface area contributed by atoms with Crippen LogP contribution in [-0.2, 0) is 0 Å². The van der Waals surface area contributed by atoms with Crippen molar-refractivity contribution in [1.29, 1.82) is 0 Å². The maximum absolute atomic E-state index is 9.55. The number of anilines is 1. The number of likely N-dealkylation sites (N-methyl/N-ethyl adjacent to an activating group) is 1. The van der Waals surface area contributed by atoms with Gasteiger partial charge >= 0.3 is 0 Å². The van der Waals surface area contributed by atoms with E-state index < -0.39 is 0 Å². The Labute approximate surface area is 111 Å². The third-order valence-corrected chi connectivity index (χ3v) is 3.78. The van der Waals surface area contributed by atoms with Crippen LogP contribution in [0.5, 0.6) is 0 Å². The molecule has 1 saturated heterocycles. The van der Waals surface area contributed by atoms with Gasteiger partial charge in [0, 0.05) is 29.3 Å². The highest BCUT2D eigenvalue weighted by atomic mass is 79.9. The number of nitrogens with zero attached hydrogens (tertiary/aromatic N) is 2. The van der Waals surface area contributed by atoms with Crippen molar-refractivity contribution in [2.24, 2.45) is 0 Å². The van der Waals surface area contributed by atoms with E-state index in [0.29, 0.717) is 6.04 Å². The molecule has 1 heterocycles. The summed E-state index contributed by atoms with van der Waals surface area (Å²) in [6.07, 6.45) is 0. The molecule has 0 spiro atoms. The number of aliphatic hydroxyl groups is 1. The summed E-state index contributed by atoms with van der Waals surface area (Å²) >= 11 is 3.50. The molecule has 2 atom stereocenters. The van der Waals surface area contributed by atoms with Gasteiger partial charge in [-0.05, 0) is 32.2 Å². The minimum Gasteiger partial charge on any atom is -0.394 e. The Morgan fingerprint density at radius 3 is 2.82 bits per heavy atom. The van der Waals surface area contributed by atoms with Gasteiger partial charge in [0.2, 0.25) is 0 Å². The number of aliphatic hydroxyl groups excluding tert-OH is 1. The molecule has 0 radical (unpaired) electrons. The Kier molecular flexibility index (Phi) is 4.07. The zero-order chi connectivity index (χ0) is 12.4. The molecule has 1 aliphatic heterocycles. The summed E-state index contributed by atoms with van der Waals surface area (Å²) < 4.78 is 1.08. The number of hydrogen-bond acceptors (Lipinski definition) is 3. The van der Waals surface area contributed by atoms with E-state index in [1.54, 1.807) is 0 Å². The molecule has 4 heteroatoms. The number of hydrogen-bond donors (Lipinski definition) is 1. The summed E-state index contributed by atoms with van der Waals surface area (Å²) in [4.78, 5) is 4.60. The second kappa shape index (κ2) is 5.38. The quantitative estimate of drug-likeness (QED) is 0.904. The third kappa shape index (κ3) is 2.81. The first-order valence-corrected chi connectivity index (χ1v) is 6.74. The molecular formula is C13H19BrN2O. The normalized spacial score (nSPS) is 26.2. The van der Waals surface area contributed by atoms with Crippen LogP contribution in [0.15, 0.2) is 28.7 Å². The first kappa shape index (κ1) is 12.9. The summed E-state index contributed by atoms with van der Waals surface area (Å²) in [5, 5.41) is 9.55. The predicted molar refractivity (Wildman–Crippen MR) is 74.5 cm³/mol. The van der Waals surface area contributed by atoms with E-state index in [0.717, 1.165) is 17.6 Å². The summed E-state index contributed by atoms with van der Waals surface area (Å²) in [6.45, 7) is 4.34. The molecule has 1 aromatic carbocycles. The zero-order valence-electron chi connectivity index (χ0n) is 10.3. The van der Waals surface area contributed by atoms with Crippen LogP contribution in [-0.4, -0.2) is 48.8 Å². The van der Waals surface area contributed by atoms with Crippen molar-refractivity contribution in [1.82, 2.24) is 4.90 Å². The highest BCUT2D eigenvalue weighted by Crippen LogP contribution is 2.26. The molecule has 3 nitrogen and oxygen atoms in total. The molecule has 1 fully saturated rings. The van der Waals surface area contributed by atoms with E-state index in [1.165, 1.54) is 5.69 Å². The van der Waals surface area contributed by atoms with Gasteiger partial charge in [-0.1, -0.05) is 22.0 Å². The lowest BCUT2D eigenvalue weighted by Gasteiger charge is -2.45. The lowest BCUT2D eigenvalue weighted by Crippen LogP contribution is -2.58. The van der Waals surface area contributed by atoms with Crippen LogP contribution >= 0.6 is 15.9 Å². The Morgan fingerprint density at radius 1 is 1.41 bits per heavy atom. The summed E-state index contributed by atoms with van der Waals surface area (Å²) in [7, 11) is 2.11. The van der Waals surface area contributed by atoms with E-state index >= 15 is 0 Å². The van der Waals surface area contributed by atoms with E-state index in [2.05, 4.69) is 51.8 Å². The Balaban J connectivity index is 2.28. The van der Waals surface area contributed by atoms with Gasteiger partial charge in [-0.15, -0.1) is 0 Å². The minimum absolute atomic E-state index is 0.179. The van der Waals surface area contributed by atoms with Crippen LogP contribution in [0, 0.1) is 0 Å². The molecule has 0 aliphatic carbocycles. The van der Waals surface area contributed by atoms with Crippen molar-refractivity contribution in [3.8, 4) is 0 Å². The molecule has 2 rings (SSSR count). The second-order valence-electron chi connectivity index (χ2n) is 4.79. The van der Waals surface area contributed by atoms with E-state index in [4.69, 9.17) is 0 Å². The molecule has 0 amide bonds. The van der Waals surface area contributed by atoms with Crippen molar-refractivity contribution in [2.45, 2.75) is 19.0 Å². The number of halogens is 1. The number of benzene rings is 1. The second-order valence-corrected chi connectivity index (χ2v) is 5.71. The Morgan fingerprint density at radius 2 is 2.18 bits per heavy atom. The summed E-state index contributed by atoms with van der Waals surface area (Å²) in [6, 6.07) is 8.88. The van der Waals surface area contributed by atoms with Crippen LogP contribution in [0.25, 0.3) is 0 Å². The zero-order valence-corrected chi connectivity index (χ0v) is 11.9. The van der Waals surface area contributed by atoms with Crippen LogP contribution in [0.2, 0.25) is 0 Å². The summed E-state index contributed by atoms with van der Waals surface area (Å²) in [5.74, 6) is 0. The molecular weight excluding hydrogens is 280 g/mol. The average molecular weight is 299 g/mol. The third-order valence-electron chi connectivity index (χ3n) is 3.28. The lowest BCUT2D eigenvalue weighted by molar-refractivity contribution is 0.171. The largest absolute Gasteiger partial charge is 0.394 e. The Hall–Kier alpha value is -0.580. The van der Waals surface area contributed by atoms with E-state index in [1.807, 2.05) is 12.1 Å². The van der Waals surface area contributed by atoms with Gasteiger partial charge < -0.3 is 14.9 Å². The van der Waals surface area contributed by atoms with Crippen LogP contribution in [0.3, 0.4) is 0 Å². The predicted octanol–water partition coefficient (Wildman–Crippen LogP) is 1.95. The van der Waals surface area contributed by atoms with Crippen LogP contribution < -0.4 is 4.90 Å². The molecule has 1 aliphatic rings. The molecule has 17 heavy (non-hydrogen) atoms. The van der Waals surface area contributed by atoms with Crippen molar-refractivity contribution in [3.63, 3.8) is 0 Å². The smallest absolute Gasteiger partial charge is 0.0651 e. The monoisotopic (exact) mass is 298 g/mol. The molecule has 2 unspecified atom stereocenters. The first-order chi connectivity index (χ1) is 8.11. The van der Waals surface area contributed by atoms with Gasteiger partial charge in [-0.3, -0.25) is 0 Å². The highest BCUT2D eigenvalue weighted by Gasteiger charge is 2.30. The van der Waals surface area contributed by atoms with E-state index in [-0.39, 0.29) is 12.6 Å². The highest BCUT2D eigenvalue weighted by molar-refractivity contribution is 9.10. The molecule has 1 aromatic rings. The van der Waals surface area contributed by atoms with E-state index in [9.17, 15) is 5.11 Å². The van der Waals surface area contributed by atoms with Gasteiger partial charge in [-0.25, -0.2) is 0 Å².